The summed E-state index contributed by atoms with van der Waals surface area (Å²) in [6.45, 7) is 5.76. The van der Waals surface area contributed by atoms with Crippen LogP contribution in [0.3, 0.4) is 0 Å². The van der Waals surface area contributed by atoms with E-state index in [1.165, 1.54) is 6.07 Å². The van der Waals surface area contributed by atoms with Gasteiger partial charge in [-0.1, -0.05) is 72.8 Å². The summed E-state index contributed by atoms with van der Waals surface area (Å²) in [4.78, 5) is 33.9. The molecule has 6 aromatic rings. The number of H-pyrrole nitrogens is 3. The summed E-state index contributed by atoms with van der Waals surface area (Å²) < 4.78 is 0. The zero-order valence-corrected chi connectivity index (χ0v) is 27.3. The Balaban J connectivity index is 0.000000177. The van der Waals surface area contributed by atoms with Crippen LogP contribution in [0.15, 0.2) is 95.9 Å². The van der Waals surface area contributed by atoms with Crippen molar-refractivity contribution >= 4 is 53.4 Å². The summed E-state index contributed by atoms with van der Waals surface area (Å²) in [5.74, 6) is 4.78. The third kappa shape index (κ3) is 9.83. The van der Waals surface area contributed by atoms with Gasteiger partial charge in [-0.25, -0.2) is 19.9 Å². The molecule has 4 aromatic heterocycles. The van der Waals surface area contributed by atoms with Gasteiger partial charge in [-0.05, 0) is 43.3 Å². The molecule has 0 radical (unpaired) electrons. The number of hydrogen-bond acceptors (Lipinski definition) is 10. The first-order chi connectivity index (χ1) is 23.9. The third-order valence-electron chi connectivity index (χ3n) is 7.50. The van der Waals surface area contributed by atoms with Crippen molar-refractivity contribution < 1.29 is 0 Å². The molecular formula is C36H38N12O. The first-order valence-electron chi connectivity index (χ1n) is 15.9. The normalized spacial score (nSPS) is 13.4. The van der Waals surface area contributed by atoms with E-state index in [1.54, 1.807) is 6.20 Å². The number of hydrogen-bond donors (Lipinski definition) is 5. The standard InChI is InChI=1S/C20H23N7O.C16H15N5/c1-26-9-11-27(12-10-26)19-13-17(22-18-14-20(28)25-24-18)21-16(23-19)8-7-15-5-3-2-4-6-15;1-12-11-16(21-20-12)19-15-9-10-17-14(18-15)8-7-13-5-3-2-4-6-13/h2-8,13-14H,9-12H2,1H3,(H3,21,22,23,24,25,28);2-11H,1H3,(H2,17,18,19,20,21)/b2*8-7+. The molecule has 2 aromatic carbocycles. The van der Waals surface area contributed by atoms with Crippen LogP contribution in [0.2, 0.25) is 0 Å². The van der Waals surface area contributed by atoms with Crippen LogP contribution in [-0.4, -0.2) is 78.5 Å². The molecule has 1 aliphatic rings. The van der Waals surface area contributed by atoms with Gasteiger partial charge in [0, 0.05) is 56.3 Å². The van der Waals surface area contributed by atoms with Crippen molar-refractivity contribution in [2.75, 3.05) is 48.8 Å². The molecule has 5 N–H and O–H groups in total. The van der Waals surface area contributed by atoms with Crippen molar-refractivity contribution in [1.29, 1.82) is 0 Å². The second-order valence-electron chi connectivity index (χ2n) is 11.4. The molecule has 1 saturated heterocycles. The number of likely N-dealkylation sites (N-methyl/N-ethyl adjacent to an activating group) is 1. The van der Waals surface area contributed by atoms with E-state index in [4.69, 9.17) is 4.98 Å². The lowest BCUT2D eigenvalue weighted by atomic mass is 10.2. The number of aromatic nitrogens is 8. The Bertz CT molecular complexity index is 2040. The fraction of sp³-hybridized carbons (Fsp3) is 0.167. The second-order valence-corrected chi connectivity index (χ2v) is 11.4. The van der Waals surface area contributed by atoms with E-state index in [0.29, 0.717) is 29.1 Å². The number of benzene rings is 2. The minimum absolute atomic E-state index is 0.194. The van der Waals surface area contributed by atoms with Crippen LogP contribution in [0.4, 0.5) is 29.1 Å². The summed E-state index contributed by atoms with van der Waals surface area (Å²) >= 11 is 0. The van der Waals surface area contributed by atoms with Crippen molar-refractivity contribution in [3.63, 3.8) is 0 Å². The van der Waals surface area contributed by atoms with Gasteiger partial charge in [-0.3, -0.25) is 20.1 Å². The Kier molecular flexibility index (Phi) is 10.6. The Morgan fingerprint density at radius 2 is 1.37 bits per heavy atom. The van der Waals surface area contributed by atoms with Gasteiger partial charge in [0.1, 0.15) is 23.3 Å². The average Bonchev–Trinajstić information content (AvgIpc) is 3.74. The highest BCUT2D eigenvalue weighted by atomic mass is 16.1. The zero-order chi connectivity index (χ0) is 33.8. The van der Waals surface area contributed by atoms with Crippen LogP contribution < -0.4 is 21.1 Å². The summed E-state index contributed by atoms with van der Waals surface area (Å²) in [5.41, 5.74) is 3.00. The van der Waals surface area contributed by atoms with Crippen LogP contribution in [0.5, 0.6) is 0 Å². The molecule has 13 heteroatoms. The van der Waals surface area contributed by atoms with Gasteiger partial charge in [-0.15, -0.1) is 0 Å². The van der Waals surface area contributed by atoms with Gasteiger partial charge in [0.2, 0.25) is 0 Å². The zero-order valence-electron chi connectivity index (χ0n) is 27.3. The summed E-state index contributed by atoms with van der Waals surface area (Å²) in [6.07, 6.45) is 9.48. The van der Waals surface area contributed by atoms with Crippen LogP contribution in [-0.2, 0) is 0 Å². The predicted octanol–water partition coefficient (Wildman–Crippen LogP) is 5.58. The molecule has 7 rings (SSSR count). The van der Waals surface area contributed by atoms with Gasteiger partial charge in [0.25, 0.3) is 5.56 Å². The molecule has 0 aliphatic carbocycles. The number of nitrogens with one attached hydrogen (secondary N) is 5. The van der Waals surface area contributed by atoms with Crippen LogP contribution in [0, 0.1) is 6.92 Å². The molecule has 49 heavy (non-hydrogen) atoms. The van der Waals surface area contributed by atoms with Crippen molar-refractivity contribution in [2.45, 2.75) is 6.92 Å². The van der Waals surface area contributed by atoms with E-state index in [0.717, 1.165) is 54.6 Å². The molecule has 0 bridgehead atoms. The van der Waals surface area contributed by atoms with Gasteiger partial charge in [-0.2, -0.15) is 5.10 Å². The summed E-state index contributed by atoms with van der Waals surface area (Å²) in [6, 6.07) is 27.2. The number of piperazine rings is 1. The lowest BCUT2D eigenvalue weighted by Crippen LogP contribution is -2.44. The van der Waals surface area contributed by atoms with Crippen molar-refractivity contribution in [1.82, 2.24) is 45.2 Å². The largest absolute Gasteiger partial charge is 0.354 e. The topological polar surface area (TPSA) is 159 Å². The Morgan fingerprint density at radius 1 is 0.694 bits per heavy atom. The molecule has 1 fully saturated rings. The van der Waals surface area contributed by atoms with E-state index < -0.39 is 0 Å². The molecule has 5 heterocycles. The lowest BCUT2D eigenvalue weighted by molar-refractivity contribution is 0.312. The maximum atomic E-state index is 11.4. The SMILES string of the molecule is CN1CCN(c2cc(Nc3cc(=O)[nH][nH]3)nc(/C=C/c3ccccc3)n2)CC1.Cc1cc(Nc2ccnc(/C=C/c3ccccc3)n2)n[nH]1. The maximum Gasteiger partial charge on any atom is 0.266 e. The fourth-order valence-electron chi connectivity index (χ4n) is 4.93. The van der Waals surface area contributed by atoms with E-state index in [9.17, 15) is 4.79 Å². The number of rotatable bonds is 9. The van der Waals surface area contributed by atoms with E-state index in [2.05, 4.69) is 62.8 Å². The summed E-state index contributed by atoms with van der Waals surface area (Å²) in [5, 5.41) is 18.6. The number of nitrogens with zero attached hydrogens (tertiary/aromatic N) is 7. The van der Waals surface area contributed by atoms with Crippen molar-refractivity contribution in [3.05, 3.63) is 130 Å². The molecule has 0 saturated carbocycles. The quantitative estimate of drug-likeness (QED) is 0.133. The van der Waals surface area contributed by atoms with E-state index in [1.807, 2.05) is 110 Å². The fourth-order valence-corrected chi connectivity index (χ4v) is 4.93. The maximum absolute atomic E-state index is 11.4. The second kappa shape index (κ2) is 16.0. The molecule has 0 atom stereocenters. The highest BCUT2D eigenvalue weighted by Crippen LogP contribution is 2.21. The molecule has 0 amide bonds. The minimum atomic E-state index is -0.194. The molecule has 13 nitrogen and oxygen atoms in total. The Hall–Kier alpha value is -6.34. The van der Waals surface area contributed by atoms with Gasteiger partial charge in [0.05, 0.1) is 0 Å². The third-order valence-corrected chi connectivity index (χ3v) is 7.50. The lowest BCUT2D eigenvalue weighted by Gasteiger charge is -2.33. The highest BCUT2D eigenvalue weighted by molar-refractivity contribution is 5.69. The minimum Gasteiger partial charge on any atom is -0.354 e. The summed E-state index contributed by atoms with van der Waals surface area (Å²) in [7, 11) is 2.13. The Labute approximate surface area is 283 Å². The van der Waals surface area contributed by atoms with Gasteiger partial charge in [0.15, 0.2) is 17.5 Å². The number of aromatic amines is 3. The van der Waals surface area contributed by atoms with Crippen LogP contribution in [0.25, 0.3) is 24.3 Å². The smallest absolute Gasteiger partial charge is 0.266 e. The molecule has 1 aliphatic heterocycles. The molecular weight excluding hydrogens is 616 g/mol. The van der Waals surface area contributed by atoms with Crippen LogP contribution >= 0.6 is 0 Å². The van der Waals surface area contributed by atoms with E-state index in [-0.39, 0.29) is 5.56 Å². The molecule has 0 spiro atoms. The number of anilines is 5. The van der Waals surface area contributed by atoms with Crippen LogP contribution in [0.1, 0.15) is 28.5 Å². The van der Waals surface area contributed by atoms with Gasteiger partial charge < -0.3 is 20.4 Å². The van der Waals surface area contributed by atoms with Crippen molar-refractivity contribution in [3.8, 4) is 0 Å². The monoisotopic (exact) mass is 654 g/mol. The molecule has 248 valence electrons. The molecule has 0 unspecified atom stereocenters. The van der Waals surface area contributed by atoms with Crippen molar-refractivity contribution in [2.24, 2.45) is 0 Å². The highest BCUT2D eigenvalue weighted by Gasteiger charge is 2.17. The number of aryl methyl sites for hydroxylation is 1. The first kappa shape index (κ1) is 32.6. The average molecular weight is 655 g/mol. The predicted molar refractivity (Wildman–Crippen MR) is 196 cm³/mol. The first-order valence-corrected chi connectivity index (χ1v) is 15.9. The Morgan fingerprint density at radius 3 is 2.00 bits per heavy atom. The van der Waals surface area contributed by atoms with Gasteiger partial charge >= 0.3 is 0 Å². The van der Waals surface area contributed by atoms with E-state index >= 15 is 0 Å².